The van der Waals surface area contributed by atoms with Gasteiger partial charge in [0.1, 0.15) is 0 Å². The fraction of sp³-hybridized carbons (Fsp3) is 0.529. The predicted octanol–water partition coefficient (Wildman–Crippen LogP) is 0.860. The number of benzene rings is 1. The van der Waals surface area contributed by atoms with Crippen LogP contribution >= 0.6 is 0 Å². The van der Waals surface area contributed by atoms with Gasteiger partial charge in [-0.2, -0.15) is 0 Å². The Labute approximate surface area is 137 Å². The van der Waals surface area contributed by atoms with Crippen LogP contribution in [0.1, 0.15) is 29.8 Å². The van der Waals surface area contributed by atoms with Gasteiger partial charge in [-0.1, -0.05) is 6.07 Å². The van der Waals surface area contributed by atoms with Crippen molar-refractivity contribution in [3.63, 3.8) is 0 Å². The largest absolute Gasteiger partial charge is 0.399 e. The predicted molar refractivity (Wildman–Crippen MR) is 91.2 cm³/mol. The second kappa shape index (κ2) is 7.46. The van der Waals surface area contributed by atoms with Crippen molar-refractivity contribution in [2.75, 3.05) is 38.5 Å². The molecule has 0 saturated carbocycles. The van der Waals surface area contributed by atoms with Crippen LogP contribution in [0.4, 0.5) is 5.69 Å². The molecule has 0 radical (unpaired) electrons. The second-order valence-corrected chi connectivity index (χ2v) is 6.36. The van der Waals surface area contributed by atoms with Gasteiger partial charge in [0, 0.05) is 43.5 Å². The second-order valence-electron chi connectivity index (χ2n) is 6.36. The van der Waals surface area contributed by atoms with Gasteiger partial charge < -0.3 is 16.0 Å². The summed E-state index contributed by atoms with van der Waals surface area (Å²) in [5.41, 5.74) is 7.98. The summed E-state index contributed by atoms with van der Waals surface area (Å²) in [6.45, 7) is 8.86. The number of carbonyl (C=O) groups is 2. The first-order chi connectivity index (χ1) is 10.9. The molecule has 1 heterocycles. The maximum Gasteiger partial charge on any atom is 0.254 e. The van der Waals surface area contributed by atoms with Gasteiger partial charge in [0.25, 0.3) is 5.91 Å². The highest BCUT2D eigenvalue weighted by molar-refractivity contribution is 5.96. The monoisotopic (exact) mass is 318 g/mol. The molecule has 2 rings (SSSR count). The Morgan fingerprint density at radius 3 is 2.48 bits per heavy atom. The molecule has 1 saturated heterocycles. The van der Waals surface area contributed by atoms with E-state index in [1.54, 1.807) is 12.1 Å². The number of piperazine rings is 1. The van der Waals surface area contributed by atoms with E-state index in [0.717, 1.165) is 5.56 Å². The first kappa shape index (κ1) is 17.3. The molecule has 0 unspecified atom stereocenters. The van der Waals surface area contributed by atoms with Crippen LogP contribution in [-0.2, 0) is 4.79 Å². The lowest BCUT2D eigenvalue weighted by atomic mass is 10.1. The number of aryl methyl sites for hydroxylation is 1. The van der Waals surface area contributed by atoms with Gasteiger partial charge in [0.15, 0.2) is 0 Å². The average Bonchev–Trinajstić information content (AvgIpc) is 2.49. The highest BCUT2D eigenvalue weighted by Crippen LogP contribution is 2.16. The first-order valence-corrected chi connectivity index (χ1v) is 8.04. The lowest BCUT2D eigenvalue weighted by Crippen LogP contribution is -2.51. The van der Waals surface area contributed by atoms with E-state index in [1.807, 2.05) is 31.7 Å². The molecule has 0 aromatic heterocycles. The third-order valence-corrected chi connectivity index (χ3v) is 3.97. The maximum atomic E-state index is 12.6. The molecule has 0 atom stereocenters. The summed E-state index contributed by atoms with van der Waals surface area (Å²) in [6.07, 6.45) is 0. The Morgan fingerprint density at radius 2 is 1.87 bits per heavy atom. The van der Waals surface area contributed by atoms with Crippen molar-refractivity contribution in [2.45, 2.75) is 26.8 Å². The van der Waals surface area contributed by atoms with Crippen molar-refractivity contribution < 1.29 is 9.59 Å². The molecule has 23 heavy (non-hydrogen) atoms. The van der Waals surface area contributed by atoms with Crippen LogP contribution < -0.4 is 11.1 Å². The SMILES string of the molecule is Cc1ccc(N)cc1C(=O)N1CCN(CC(=O)NC(C)C)CC1. The van der Waals surface area contributed by atoms with Crippen LogP contribution in [0, 0.1) is 6.92 Å². The van der Waals surface area contributed by atoms with Crippen LogP contribution in [0.15, 0.2) is 18.2 Å². The van der Waals surface area contributed by atoms with Crippen LogP contribution in [0.25, 0.3) is 0 Å². The fourth-order valence-corrected chi connectivity index (χ4v) is 2.72. The molecule has 0 spiro atoms. The molecule has 1 aliphatic rings. The normalized spacial score (nSPS) is 15.7. The Balaban J connectivity index is 1.90. The minimum Gasteiger partial charge on any atom is -0.399 e. The van der Waals surface area contributed by atoms with E-state index >= 15 is 0 Å². The van der Waals surface area contributed by atoms with E-state index in [2.05, 4.69) is 10.2 Å². The number of anilines is 1. The van der Waals surface area contributed by atoms with E-state index in [4.69, 9.17) is 5.73 Å². The number of nitrogen functional groups attached to an aromatic ring is 1. The zero-order chi connectivity index (χ0) is 17.0. The lowest BCUT2D eigenvalue weighted by Gasteiger charge is -2.34. The van der Waals surface area contributed by atoms with Gasteiger partial charge in [0.05, 0.1) is 6.54 Å². The Bertz CT molecular complexity index is 578. The van der Waals surface area contributed by atoms with E-state index < -0.39 is 0 Å². The quantitative estimate of drug-likeness (QED) is 0.807. The molecule has 1 aromatic carbocycles. The van der Waals surface area contributed by atoms with Gasteiger partial charge in [-0.15, -0.1) is 0 Å². The summed E-state index contributed by atoms with van der Waals surface area (Å²) >= 11 is 0. The van der Waals surface area contributed by atoms with Crippen molar-refractivity contribution in [3.05, 3.63) is 29.3 Å². The summed E-state index contributed by atoms with van der Waals surface area (Å²) in [7, 11) is 0. The fourth-order valence-electron chi connectivity index (χ4n) is 2.72. The molecule has 1 aliphatic heterocycles. The van der Waals surface area contributed by atoms with Crippen LogP contribution in [0.5, 0.6) is 0 Å². The zero-order valence-corrected chi connectivity index (χ0v) is 14.1. The number of rotatable bonds is 4. The minimum atomic E-state index is 0.0149. The molecule has 6 heteroatoms. The Hall–Kier alpha value is -2.08. The molecule has 2 amide bonds. The van der Waals surface area contributed by atoms with Crippen molar-refractivity contribution in [2.24, 2.45) is 0 Å². The number of carbonyl (C=O) groups excluding carboxylic acids is 2. The molecular formula is C17H26N4O2. The van der Waals surface area contributed by atoms with Gasteiger partial charge >= 0.3 is 0 Å². The van der Waals surface area contributed by atoms with Gasteiger partial charge in [0.2, 0.25) is 5.91 Å². The van der Waals surface area contributed by atoms with Crippen molar-refractivity contribution in [1.29, 1.82) is 0 Å². The molecule has 0 aliphatic carbocycles. The first-order valence-electron chi connectivity index (χ1n) is 8.04. The molecule has 6 nitrogen and oxygen atoms in total. The minimum absolute atomic E-state index is 0.0149. The van der Waals surface area contributed by atoms with Gasteiger partial charge in [-0.25, -0.2) is 0 Å². The zero-order valence-electron chi connectivity index (χ0n) is 14.1. The summed E-state index contributed by atoms with van der Waals surface area (Å²) in [5.74, 6) is 0.0486. The number of hydrogen-bond acceptors (Lipinski definition) is 4. The summed E-state index contributed by atoms with van der Waals surface area (Å²) in [5, 5.41) is 2.89. The van der Waals surface area contributed by atoms with Gasteiger partial charge in [-0.05, 0) is 38.5 Å². The lowest BCUT2D eigenvalue weighted by molar-refractivity contribution is -0.123. The molecule has 1 fully saturated rings. The van der Waals surface area contributed by atoms with E-state index in [9.17, 15) is 9.59 Å². The number of hydrogen-bond donors (Lipinski definition) is 2. The van der Waals surface area contributed by atoms with E-state index in [0.29, 0.717) is 44.0 Å². The van der Waals surface area contributed by atoms with Gasteiger partial charge in [-0.3, -0.25) is 14.5 Å². The van der Waals surface area contributed by atoms with Crippen molar-refractivity contribution in [3.8, 4) is 0 Å². The smallest absolute Gasteiger partial charge is 0.254 e. The van der Waals surface area contributed by atoms with E-state index in [-0.39, 0.29) is 17.9 Å². The number of nitrogens with one attached hydrogen (secondary N) is 1. The molecular weight excluding hydrogens is 292 g/mol. The van der Waals surface area contributed by atoms with Crippen LogP contribution in [0.2, 0.25) is 0 Å². The van der Waals surface area contributed by atoms with Crippen molar-refractivity contribution >= 4 is 17.5 Å². The third-order valence-electron chi connectivity index (χ3n) is 3.97. The molecule has 1 aromatic rings. The number of amides is 2. The molecule has 126 valence electrons. The maximum absolute atomic E-state index is 12.6. The number of nitrogens with zero attached hydrogens (tertiary/aromatic N) is 2. The third kappa shape index (κ3) is 4.69. The molecule has 3 N–H and O–H groups in total. The number of nitrogens with two attached hydrogens (primary N) is 1. The summed E-state index contributed by atoms with van der Waals surface area (Å²) < 4.78 is 0. The van der Waals surface area contributed by atoms with Crippen LogP contribution in [-0.4, -0.2) is 60.4 Å². The highest BCUT2D eigenvalue weighted by Gasteiger charge is 2.24. The standard InChI is InChI=1S/C17H26N4O2/c1-12(2)19-16(22)11-20-6-8-21(9-7-20)17(23)15-10-14(18)5-4-13(15)3/h4-5,10,12H,6-9,11,18H2,1-3H3,(H,19,22). The molecule has 0 bridgehead atoms. The van der Waals surface area contributed by atoms with E-state index in [1.165, 1.54) is 0 Å². The summed E-state index contributed by atoms with van der Waals surface area (Å²) in [4.78, 5) is 28.3. The summed E-state index contributed by atoms with van der Waals surface area (Å²) in [6, 6.07) is 5.56. The average molecular weight is 318 g/mol. The Kier molecular flexibility index (Phi) is 5.60. The van der Waals surface area contributed by atoms with Crippen LogP contribution in [0.3, 0.4) is 0 Å². The van der Waals surface area contributed by atoms with Crippen molar-refractivity contribution in [1.82, 2.24) is 15.1 Å². The Morgan fingerprint density at radius 1 is 1.22 bits per heavy atom. The highest BCUT2D eigenvalue weighted by atomic mass is 16.2. The topological polar surface area (TPSA) is 78.7 Å².